The quantitative estimate of drug-likeness (QED) is 0.421. The molecule has 0 N–H and O–H groups in total. The molecule has 0 atom stereocenters. The van der Waals surface area contributed by atoms with Gasteiger partial charge in [-0.1, -0.05) is 0 Å². The minimum Gasteiger partial charge on any atom is -0.258 e. The van der Waals surface area contributed by atoms with Crippen molar-refractivity contribution < 1.29 is 4.92 Å². The Morgan fingerprint density at radius 1 is 1.44 bits per heavy atom. The minimum absolute atomic E-state index is 0.0868. The monoisotopic (exact) mass is 421 g/mol. The van der Waals surface area contributed by atoms with Crippen LogP contribution < -0.4 is 0 Å². The van der Waals surface area contributed by atoms with Crippen LogP contribution in [-0.4, -0.2) is 14.7 Å². The summed E-state index contributed by atoms with van der Waals surface area (Å²) in [4.78, 5) is 10.3. The van der Waals surface area contributed by atoms with E-state index in [0.29, 0.717) is 0 Å². The first-order valence-corrected chi connectivity index (χ1v) is 6.95. The van der Waals surface area contributed by atoms with Gasteiger partial charge in [0.05, 0.1) is 26.5 Å². The summed E-state index contributed by atoms with van der Waals surface area (Å²) in [6.07, 6.45) is 0. The standard InChI is InChI=1S/C11H9BrIN3O2/c1-6-11(12)7(2)15(14-6)10-4-3-8(16(17)18)5-9(10)13/h3-5H,1-2H3. The SMILES string of the molecule is Cc1nn(-c2ccc([N+](=O)[O-])cc2I)c(C)c1Br. The highest BCUT2D eigenvalue weighted by Crippen LogP contribution is 2.27. The zero-order valence-corrected chi connectivity index (χ0v) is 13.4. The van der Waals surface area contributed by atoms with Gasteiger partial charge in [-0.3, -0.25) is 10.1 Å². The number of hydrogen-bond donors (Lipinski definition) is 0. The number of hydrogen-bond acceptors (Lipinski definition) is 3. The number of aryl methyl sites for hydroxylation is 1. The third-order valence-corrected chi connectivity index (χ3v) is 4.58. The average Bonchev–Trinajstić information content (AvgIpc) is 2.57. The van der Waals surface area contributed by atoms with Gasteiger partial charge >= 0.3 is 0 Å². The molecule has 0 amide bonds. The molecule has 0 aliphatic heterocycles. The highest BCUT2D eigenvalue weighted by atomic mass is 127. The fourth-order valence-electron chi connectivity index (χ4n) is 1.64. The summed E-state index contributed by atoms with van der Waals surface area (Å²) < 4.78 is 3.53. The summed E-state index contributed by atoms with van der Waals surface area (Å²) in [5.41, 5.74) is 2.79. The molecular formula is C11H9BrIN3O2. The molecule has 0 saturated carbocycles. The number of nitro benzene ring substituents is 1. The topological polar surface area (TPSA) is 61.0 Å². The van der Waals surface area contributed by atoms with E-state index in [9.17, 15) is 10.1 Å². The summed E-state index contributed by atoms with van der Waals surface area (Å²) in [5.74, 6) is 0. The van der Waals surface area contributed by atoms with Gasteiger partial charge in [0.25, 0.3) is 5.69 Å². The third kappa shape index (κ3) is 2.28. The Bertz CT molecular complexity index is 639. The van der Waals surface area contributed by atoms with Crippen LogP contribution in [0.2, 0.25) is 0 Å². The Morgan fingerprint density at radius 2 is 2.11 bits per heavy atom. The van der Waals surface area contributed by atoms with Gasteiger partial charge in [0, 0.05) is 15.7 Å². The van der Waals surface area contributed by atoms with Gasteiger partial charge in [-0.15, -0.1) is 0 Å². The number of non-ortho nitro benzene ring substituents is 1. The van der Waals surface area contributed by atoms with Crippen molar-refractivity contribution in [3.8, 4) is 5.69 Å². The molecule has 0 unspecified atom stereocenters. The number of nitrogens with zero attached hydrogens (tertiary/aromatic N) is 3. The lowest BCUT2D eigenvalue weighted by atomic mass is 10.3. The van der Waals surface area contributed by atoms with Crippen molar-refractivity contribution in [2.75, 3.05) is 0 Å². The largest absolute Gasteiger partial charge is 0.270 e. The van der Waals surface area contributed by atoms with Crippen molar-refractivity contribution in [1.29, 1.82) is 0 Å². The minimum atomic E-state index is -0.400. The molecular weight excluding hydrogens is 413 g/mol. The van der Waals surface area contributed by atoms with Gasteiger partial charge in [-0.25, -0.2) is 4.68 Å². The van der Waals surface area contributed by atoms with Crippen LogP contribution in [0.1, 0.15) is 11.4 Å². The summed E-state index contributed by atoms with van der Waals surface area (Å²) in [7, 11) is 0. The first kappa shape index (κ1) is 13.5. The van der Waals surface area contributed by atoms with Gasteiger partial charge in [0.1, 0.15) is 0 Å². The zero-order valence-electron chi connectivity index (χ0n) is 9.65. The lowest BCUT2D eigenvalue weighted by Gasteiger charge is -2.06. The maximum absolute atomic E-state index is 10.7. The van der Waals surface area contributed by atoms with Crippen molar-refractivity contribution in [3.05, 3.63) is 47.7 Å². The highest BCUT2D eigenvalue weighted by Gasteiger charge is 2.15. The molecule has 0 aliphatic carbocycles. The van der Waals surface area contributed by atoms with E-state index >= 15 is 0 Å². The second-order valence-corrected chi connectivity index (χ2v) is 5.74. The molecule has 94 valence electrons. The molecule has 7 heteroatoms. The van der Waals surface area contributed by atoms with E-state index in [4.69, 9.17) is 0 Å². The van der Waals surface area contributed by atoms with Crippen LogP contribution >= 0.6 is 38.5 Å². The van der Waals surface area contributed by atoms with Crippen LogP contribution in [0.5, 0.6) is 0 Å². The van der Waals surface area contributed by atoms with Gasteiger partial charge in [0.2, 0.25) is 0 Å². The first-order chi connectivity index (χ1) is 8.41. The van der Waals surface area contributed by atoms with E-state index in [-0.39, 0.29) is 5.69 Å². The van der Waals surface area contributed by atoms with E-state index in [1.807, 2.05) is 13.8 Å². The second-order valence-electron chi connectivity index (χ2n) is 3.79. The molecule has 0 bridgehead atoms. The van der Waals surface area contributed by atoms with Crippen LogP contribution in [0.3, 0.4) is 0 Å². The first-order valence-electron chi connectivity index (χ1n) is 5.08. The Balaban J connectivity index is 2.58. The molecule has 0 saturated heterocycles. The average molecular weight is 422 g/mol. The van der Waals surface area contributed by atoms with E-state index in [1.54, 1.807) is 16.8 Å². The highest BCUT2D eigenvalue weighted by molar-refractivity contribution is 14.1. The number of benzene rings is 1. The second kappa shape index (κ2) is 4.96. The number of aromatic nitrogens is 2. The van der Waals surface area contributed by atoms with Crippen molar-refractivity contribution in [2.45, 2.75) is 13.8 Å². The predicted molar refractivity (Wildman–Crippen MR) is 80.1 cm³/mol. The van der Waals surface area contributed by atoms with E-state index in [1.165, 1.54) is 6.07 Å². The predicted octanol–water partition coefficient (Wildman–Crippen LogP) is 3.76. The van der Waals surface area contributed by atoms with Crippen LogP contribution in [0.4, 0.5) is 5.69 Å². The Morgan fingerprint density at radius 3 is 2.56 bits per heavy atom. The van der Waals surface area contributed by atoms with Crippen molar-refractivity contribution in [2.24, 2.45) is 0 Å². The molecule has 1 aromatic heterocycles. The Labute approximate surface area is 126 Å². The smallest absolute Gasteiger partial charge is 0.258 e. The molecule has 2 aromatic rings. The summed E-state index contributed by atoms with van der Waals surface area (Å²) in [6.45, 7) is 3.85. The molecule has 0 radical (unpaired) electrons. The third-order valence-electron chi connectivity index (χ3n) is 2.57. The summed E-state index contributed by atoms with van der Waals surface area (Å²) in [5, 5.41) is 15.1. The zero-order chi connectivity index (χ0) is 13.4. The normalized spacial score (nSPS) is 10.7. The van der Waals surface area contributed by atoms with Crippen LogP contribution in [-0.2, 0) is 0 Å². The molecule has 1 heterocycles. The van der Waals surface area contributed by atoms with E-state index in [2.05, 4.69) is 43.6 Å². The Hall–Kier alpha value is -0.960. The summed E-state index contributed by atoms with van der Waals surface area (Å²) in [6, 6.07) is 4.74. The molecule has 0 spiro atoms. The van der Waals surface area contributed by atoms with E-state index in [0.717, 1.165) is 25.1 Å². The number of nitro groups is 1. The summed E-state index contributed by atoms with van der Waals surface area (Å²) >= 11 is 5.55. The lowest BCUT2D eigenvalue weighted by molar-refractivity contribution is -0.384. The van der Waals surface area contributed by atoms with Gasteiger partial charge in [-0.05, 0) is 58.4 Å². The van der Waals surface area contributed by atoms with Gasteiger partial charge in [0.15, 0.2) is 0 Å². The van der Waals surface area contributed by atoms with Crippen molar-refractivity contribution in [1.82, 2.24) is 9.78 Å². The fraction of sp³-hybridized carbons (Fsp3) is 0.182. The molecule has 2 rings (SSSR count). The van der Waals surface area contributed by atoms with Crippen molar-refractivity contribution >= 4 is 44.2 Å². The van der Waals surface area contributed by atoms with Crippen LogP contribution in [0, 0.1) is 27.5 Å². The fourth-order valence-corrected chi connectivity index (χ4v) is 2.61. The maximum atomic E-state index is 10.7. The lowest BCUT2D eigenvalue weighted by Crippen LogP contribution is -2.02. The van der Waals surface area contributed by atoms with Gasteiger partial charge < -0.3 is 0 Å². The molecule has 5 nitrogen and oxygen atoms in total. The molecule has 0 fully saturated rings. The van der Waals surface area contributed by atoms with E-state index < -0.39 is 4.92 Å². The molecule has 1 aromatic carbocycles. The number of rotatable bonds is 2. The number of halogens is 2. The van der Waals surface area contributed by atoms with Gasteiger partial charge in [-0.2, -0.15) is 5.10 Å². The Kier molecular flexibility index (Phi) is 3.71. The maximum Gasteiger partial charge on any atom is 0.270 e. The van der Waals surface area contributed by atoms with Crippen LogP contribution in [0.25, 0.3) is 5.69 Å². The van der Waals surface area contributed by atoms with Crippen molar-refractivity contribution in [3.63, 3.8) is 0 Å². The molecule has 0 aliphatic rings. The van der Waals surface area contributed by atoms with Crippen LogP contribution in [0.15, 0.2) is 22.7 Å². The molecule has 18 heavy (non-hydrogen) atoms.